The lowest BCUT2D eigenvalue weighted by Crippen LogP contribution is -2.47. The fraction of sp³-hybridized carbons (Fsp3) is 0.588. The summed E-state index contributed by atoms with van der Waals surface area (Å²) in [6.07, 6.45) is 3.09. The van der Waals surface area contributed by atoms with Gasteiger partial charge in [0.2, 0.25) is 0 Å². The van der Waals surface area contributed by atoms with Gasteiger partial charge in [0.1, 0.15) is 17.5 Å². The lowest BCUT2D eigenvalue weighted by atomic mass is 10.0. The molecule has 6 heteroatoms. The van der Waals surface area contributed by atoms with Crippen molar-refractivity contribution in [1.29, 1.82) is 5.26 Å². The van der Waals surface area contributed by atoms with Crippen molar-refractivity contribution in [3.8, 4) is 6.07 Å². The van der Waals surface area contributed by atoms with E-state index in [1.54, 1.807) is 17.2 Å². The molecule has 0 saturated carbocycles. The monoisotopic (exact) mass is 316 g/mol. The summed E-state index contributed by atoms with van der Waals surface area (Å²) in [5.41, 5.74) is 0.0961. The number of nitriles is 1. The number of carbonyl (C=O) groups excluding carboxylic acids is 1. The maximum atomic E-state index is 12.1. The van der Waals surface area contributed by atoms with Gasteiger partial charge in [-0.05, 0) is 45.7 Å². The standard InChI is InChI=1S/C17H24N4O2/c1-17(2,3)23-16(22)21-9-7-14(8-10-21)20(4)15-6-5-13(11-18)12-19-15/h5-6,12,14H,7-10H2,1-4H3. The maximum absolute atomic E-state index is 12.1. The topological polar surface area (TPSA) is 69.5 Å². The second-order valence-electron chi connectivity index (χ2n) is 6.83. The molecule has 0 bridgehead atoms. The number of nitrogens with zero attached hydrogens (tertiary/aromatic N) is 4. The molecular weight excluding hydrogens is 292 g/mol. The minimum atomic E-state index is -0.461. The Morgan fingerprint density at radius 3 is 2.52 bits per heavy atom. The highest BCUT2D eigenvalue weighted by molar-refractivity contribution is 5.68. The predicted octanol–water partition coefficient (Wildman–Crippen LogP) is 2.79. The van der Waals surface area contributed by atoms with Crippen LogP contribution in [0.15, 0.2) is 18.3 Å². The largest absolute Gasteiger partial charge is 0.444 e. The maximum Gasteiger partial charge on any atom is 0.410 e. The molecule has 1 fully saturated rings. The van der Waals surface area contributed by atoms with Crippen LogP contribution in [-0.2, 0) is 4.74 Å². The van der Waals surface area contributed by atoms with Crippen LogP contribution >= 0.6 is 0 Å². The quantitative estimate of drug-likeness (QED) is 0.839. The number of pyridine rings is 1. The van der Waals surface area contributed by atoms with E-state index in [4.69, 9.17) is 10.00 Å². The van der Waals surface area contributed by atoms with Crippen molar-refractivity contribution < 1.29 is 9.53 Å². The Kier molecular flexibility index (Phi) is 5.09. The van der Waals surface area contributed by atoms with Crippen LogP contribution in [0.1, 0.15) is 39.2 Å². The van der Waals surface area contributed by atoms with Gasteiger partial charge in [0.05, 0.1) is 5.56 Å². The molecule has 0 N–H and O–H groups in total. The van der Waals surface area contributed by atoms with E-state index >= 15 is 0 Å². The van der Waals surface area contributed by atoms with Gasteiger partial charge in [-0.3, -0.25) is 0 Å². The van der Waals surface area contributed by atoms with Gasteiger partial charge in [-0.2, -0.15) is 5.26 Å². The van der Waals surface area contributed by atoms with Crippen LogP contribution in [0.3, 0.4) is 0 Å². The van der Waals surface area contributed by atoms with E-state index in [1.807, 2.05) is 33.9 Å². The Morgan fingerprint density at radius 1 is 1.39 bits per heavy atom. The summed E-state index contributed by atoms with van der Waals surface area (Å²) in [6, 6.07) is 6.03. The van der Waals surface area contributed by atoms with E-state index in [0.717, 1.165) is 18.7 Å². The number of hydrogen-bond donors (Lipinski definition) is 0. The number of anilines is 1. The zero-order valence-electron chi connectivity index (χ0n) is 14.2. The van der Waals surface area contributed by atoms with E-state index in [1.165, 1.54) is 0 Å². The average molecular weight is 316 g/mol. The molecule has 1 aromatic heterocycles. The number of likely N-dealkylation sites (tertiary alicyclic amines) is 1. The van der Waals surface area contributed by atoms with E-state index in [9.17, 15) is 4.79 Å². The molecule has 0 aliphatic carbocycles. The van der Waals surface area contributed by atoms with Crippen molar-refractivity contribution in [2.24, 2.45) is 0 Å². The summed E-state index contributed by atoms with van der Waals surface area (Å²) in [4.78, 5) is 20.3. The summed E-state index contributed by atoms with van der Waals surface area (Å²) < 4.78 is 5.41. The minimum Gasteiger partial charge on any atom is -0.444 e. The zero-order chi connectivity index (χ0) is 17.0. The minimum absolute atomic E-state index is 0.241. The number of aromatic nitrogens is 1. The first-order valence-electron chi connectivity index (χ1n) is 7.87. The lowest BCUT2D eigenvalue weighted by Gasteiger charge is -2.37. The number of piperidine rings is 1. The molecule has 0 spiro atoms. The Hall–Kier alpha value is -2.29. The number of ether oxygens (including phenoxy) is 1. The Bertz CT molecular complexity index is 578. The van der Waals surface area contributed by atoms with Crippen molar-refractivity contribution in [3.05, 3.63) is 23.9 Å². The molecule has 1 aliphatic heterocycles. The SMILES string of the molecule is CN(c1ccc(C#N)cn1)C1CCN(C(=O)OC(C)(C)C)CC1. The van der Waals surface area contributed by atoms with Gasteiger partial charge in [0, 0.05) is 32.4 Å². The van der Waals surface area contributed by atoms with Crippen molar-refractivity contribution in [2.45, 2.75) is 45.3 Å². The highest BCUT2D eigenvalue weighted by atomic mass is 16.6. The van der Waals surface area contributed by atoms with E-state index < -0.39 is 5.60 Å². The first-order chi connectivity index (χ1) is 10.8. The summed E-state index contributed by atoms with van der Waals surface area (Å²) in [6.45, 7) is 6.99. The summed E-state index contributed by atoms with van der Waals surface area (Å²) in [5, 5.41) is 8.82. The van der Waals surface area contributed by atoms with Crippen molar-refractivity contribution in [1.82, 2.24) is 9.88 Å². The molecule has 0 radical (unpaired) electrons. The van der Waals surface area contributed by atoms with Crippen molar-refractivity contribution in [3.63, 3.8) is 0 Å². The molecule has 1 amide bonds. The molecule has 0 unspecified atom stereocenters. The highest BCUT2D eigenvalue weighted by Gasteiger charge is 2.28. The fourth-order valence-electron chi connectivity index (χ4n) is 2.61. The van der Waals surface area contributed by atoms with Crippen LogP contribution in [0.5, 0.6) is 0 Å². The molecule has 23 heavy (non-hydrogen) atoms. The third-order valence-electron chi connectivity index (χ3n) is 3.90. The predicted molar refractivity (Wildman–Crippen MR) is 88.2 cm³/mol. The van der Waals surface area contributed by atoms with E-state index in [2.05, 4.69) is 16.0 Å². The molecule has 1 saturated heterocycles. The summed E-state index contributed by atoms with van der Waals surface area (Å²) in [7, 11) is 2.00. The molecule has 1 aromatic rings. The summed E-state index contributed by atoms with van der Waals surface area (Å²) >= 11 is 0. The smallest absolute Gasteiger partial charge is 0.410 e. The van der Waals surface area contributed by atoms with Gasteiger partial charge in [0.25, 0.3) is 0 Å². The van der Waals surface area contributed by atoms with Gasteiger partial charge in [-0.25, -0.2) is 9.78 Å². The second kappa shape index (κ2) is 6.86. The van der Waals surface area contributed by atoms with Crippen LogP contribution < -0.4 is 4.90 Å². The van der Waals surface area contributed by atoms with Crippen LogP contribution in [0.2, 0.25) is 0 Å². The highest BCUT2D eigenvalue weighted by Crippen LogP contribution is 2.22. The average Bonchev–Trinajstić information content (AvgIpc) is 2.53. The Labute approximate surface area is 137 Å². The van der Waals surface area contributed by atoms with Gasteiger partial charge >= 0.3 is 6.09 Å². The van der Waals surface area contributed by atoms with Gasteiger partial charge in [-0.15, -0.1) is 0 Å². The number of amides is 1. The van der Waals surface area contributed by atoms with Crippen molar-refractivity contribution in [2.75, 3.05) is 25.0 Å². The normalized spacial score (nSPS) is 15.9. The Balaban J connectivity index is 1.90. The Morgan fingerprint density at radius 2 is 2.04 bits per heavy atom. The second-order valence-corrected chi connectivity index (χ2v) is 6.83. The van der Waals surface area contributed by atoms with E-state index in [0.29, 0.717) is 24.7 Å². The number of hydrogen-bond acceptors (Lipinski definition) is 5. The fourth-order valence-corrected chi connectivity index (χ4v) is 2.61. The summed E-state index contributed by atoms with van der Waals surface area (Å²) in [5.74, 6) is 0.847. The first kappa shape index (κ1) is 17.1. The van der Waals surface area contributed by atoms with Crippen LogP contribution in [0, 0.1) is 11.3 Å². The van der Waals surface area contributed by atoms with Crippen LogP contribution in [0.4, 0.5) is 10.6 Å². The molecular formula is C17H24N4O2. The zero-order valence-corrected chi connectivity index (χ0v) is 14.2. The first-order valence-corrected chi connectivity index (χ1v) is 7.87. The van der Waals surface area contributed by atoms with Gasteiger partial charge in [0.15, 0.2) is 0 Å². The molecule has 0 aromatic carbocycles. The lowest BCUT2D eigenvalue weighted by molar-refractivity contribution is 0.0205. The molecule has 2 rings (SSSR count). The van der Waals surface area contributed by atoms with Crippen molar-refractivity contribution >= 4 is 11.9 Å². The van der Waals surface area contributed by atoms with E-state index in [-0.39, 0.29) is 6.09 Å². The number of rotatable bonds is 2. The van der Waals surface area contributed by atoms with Gasteiger partial charge < -0.3 is 14.5 Å². The molecule has 2 heterocycles. The van der Waals surface area contributed by atoms with Crippen LogP contribution in [-0.4, -0.2) is 47.8 Å². The molecule has 124 valence electrons. The third kappa shape index (κ3) is 4.59. The number of carbonyl (C=O) groups is 1. The molecule has 1 aliphatic rings. The van der Waals surface area contributed by atoms with Gasteiger partial charge in [-0.1, -0.05) is 0 Å². The molecule has 0 atom stereocenters. The third-order valence-corrected chi connectivity index (χ3v) is 3.90. The molecule has 6 nitrogen and oxygen atoms in total. The van der Waals surface area contributed by atoms with Crippen LogP contribution in [0.25, 0.3) is 0 Å².